The van der Waals surface area contributed by atoms with Crippen LogP contribution in [0.3, 0.4) is 0 Å². The Hall–Kier alpha value is -3.92. The van der Waals surface area contributed by atoms with Crippen molar-refractivity contribution in [3.8, 4) is 11.5 Å². The highest BCUT2D eigenvalue weighted by Gasteiger charge is 2.59. The Bertz CT molecular complexity index is 949. The molecule has 2 aromatic rings. The van der Waals surface area contributed by atoms with E-state index in [0.717, 1.165) is 12.1 Å². The summed E-state index contributed by atoms with van der Waals surface area (Å²) in [6.45, 7) is 0. The van der Waals surface area contributed by atoms with E-state index < -0.39 is 35.4 Å². The molecule has 0 unspecified atom stereocenters. The second-order valence-electron chi connectivity index (χ2n) is 5.96. The summed E-state index contributed by atoms with van der Waals surface area (Å²) in [4.78, 5) is 48.9. The van der Waals surface area contributed by atoms with Crippen LogP contribution in [0, 0.1) is 0 Å². The number of benzene rings is 2. The van der Waals surface area contributed by atoms with Gasteiger partial charge in [0.25, 0.3) is 0 Å². The molecule has 158 valence electrons. The van der Waals surface area contributed by atoms with Crippen LogP contribution >= 0.6 is 0 Å². The highest BCUT2D eigenvalue weighted by molar-refractivity contribution is 6.19. The number of rotatable bonds is 9. The first-order chi connectivity index (χ1) is 14.2. The Balaban J connectivity index is 2.53. The summed E-state index contributed by atoms with van der Waals surface area (Å²) in [5, 5.41) is 29.0. The number of carbonyl (C=O) groups is 4. The smallest absolute Gasteiger partial charge is 0.360 e. The number of ether oxygens (including phenoxy) is 3. The summed E-state index contributed by atoms with van der Waals surface area (Å²) in [7, 11) is 2.75. The van der Waals surface area contributed by atoms with Gasteiger partial charge in [-0.15, -0.1) is 0 Å². The number of carboxylic acids is 2. The SMILES string of the molecule is COc1ccc(C(=O)O[C@](C(=O)O)(C(=O)c2ccc(OC)cc2)[C@@H](O)C(=O)O)cc1. The average molecular weight is 418 g/mol. The number of carbonyl (C=O) groups excluding carboxylic acids is 2. The molecule has 2 rings (SSSR count). The van der Waals surface area contributed by atoms with Crippen LogP contribution in [0.1, 0.15) is 20.7 Å². The molecule has 0 aliphatic carbocycles. The molecule has 0 aromatic heterocycles. The zero-order chi connectivity index (χ0) is 22.5. The quantitative estimate of drug-likeness (QED) is 0.305. The van der Waals surface area contributed by atoms with Gasteiger partial charge < -0.3 is 29.5 Å². The zero-order valence-corrected chi connectivity index (χ0v) is 15.9. The molecule has 30 heavy (non-hydrogen) atoms. The number of esters is 1. The van der Waals surface area contributed by atoms with E-state index in [1.165, 1.54) is 50.6 Å². The molecule has 3 N–H and O–H groups in total. The normalized spacial score (nSPS) is 13.4. The molecule has 0 saturated carbocycles. The third kappa shape index (κ3) is 4.23. The number of aliphatic hydroxyl groups excluding tert-OH is 1. The molecule has 0 aliphatic rings. The standard InChI is InChI=1S/C20H18O10/c1-28-13-7-3-11(4-8-13)15(21)20(19(26)27,16(22)17(23)24)30-18(25)12-5-9-14(29-2)10-6-12/h3-10,16,22H,1-2H3,(H,23,24)(H,26,27)/t16-,20+/m0/s1. The van der Waals surface area contributed by atoms with Crippen LogP contribution in [-0.4, -0.2) is 64.9 Å². The van der Waals surface area contributed by atoms with E-state index in [2.05, 4.69) is 0 Å². The van der Waals surface area contributed by atoms with Gasteiger partial charge in [0.2, 0.25) is 11.9 Å². The summed E-state index contributed by atoms with van der Waals surface area (Å²) in [6, 6.07) is 10.1. The molecule has 0 aliphatic heterocycles. The molecule has 10 nitrogen and oxygen atoms in total. The van der Waals surface area contributed by atoms with E-state index in [9.17, 15) is 34.5 Å². The largest absolute Gasteiger partial charge is 0.497 e. The van der Waals surface area contributed by atoms with Crippen LogP contribution in [0.5, 0.6) is 11.5 Å². The van der Waals surface area contributed by atoms with Crippen LogP contribution in [0.2, 0.25) is 0 Å². The molecular weight excluding hydrogens is 400 g/mol. The first-order valence-electron chi connectivity index (χ1n) is 8.37. The average Bonchev–Trinajstić information content (AvgIpc) is 2.76. The van der Waals surface area contributed by atoms with Crippen LogP contribution in [0.4, 0.5) is 0 Å². The predicted octanol–water partition coefficient (Wildman–Crippen LogP) is 1.01. The molecule has 0 heterocycles. The van der Waals surface area contributed by atoms with Gasteiger partial charge in [0, 0.05) is 5.56 Å². The topological polar surface area (TPSA) is 157 Å². The summed E-state index contributed by atoms with van der Waals surface area (Å²) < 4.78 is 14.8. The number of methoxy groups -OCH3 is 2. The van der Waals surface area contributed by atoms with Crippen molar-refractivity contribution in [2.75, 3.05) is 14.2 Å². The number of carboxylic acid groups (broad SMARTS) is 2. The maximum Gasteiger partial charge on any atom is 0.360 e. The van der Waals surface area contributed by atoms with E-state index in [1.54, 1.807) is 0 Å². The Kier molecular flexibility index (Phi) is 6.75. The van der Waals surface area contributed by atoms with E-state index in [-0.39, 0.29) is 11.1 Å². The second-order valence-corrected chi connectivity index (χ2v) is 5.96. The predicted molar refractivity (Wildman–Crippen MR) is 99.7 cm³/mol. The first-order valence-corrected chi connectivity index (χ1v) is 8.37. The summed E-state index contributed by atoms with van der Waals surface area (Å²) in [6.07, 6.45) is -2.88. The van der Waals surface area contributed by atoms with Crippen molar-refractivity contribution in [1.29, 1.82) is 0 Å². The van der Waals surface area contributed by atoms with E-state index in [4.69, 9.17) is 14.2 Å². The molecule has 0 radical (unpaired) electrons. The van der Waals surface area contributed by atoms with Gasteiger partial charge in [-0.3, -0.25) is 4.79 Å². The van der Waals surface area contributed by atoms with Crippen molar-refractivity contribution in [3.05, 3.63) is 59.7 Å². The van der Waals surface area contributed by atoms with Crippen LogP contribution in [0.15, 0.2) is 48.5 Å². The van der Waals surface area contributed by atoms with Gasteiger partial charge in [-0.2, -0.15) is 0 Å². The Morgan fingerprint density at radius 1 is 0.800 bits per heavy atom. The Morgan fingerprint density at radius 3 is 1.60 bits per heavy atom. The fourth-order valence-corrected chi connectivity index (χ4v) is 2.55. The van der Waals surface area contributed by atoms with Gasteiger partial charge in [0.1, 0.15) is 11.5 Å². The summed E-state index contributed by atoms with van der Waals surface area (Å²) >= 11 is 0. The van der Waals surface area contributed by atoms with E-state index >= 15 is 0 Å². The molecule has 10 heteroatoms. The second kappa shape index (κ2) is 9.05. The van der Waals surface area contributed by atoms with Gasteiger partial charge in [0.15, 0.2) is 0 Å². The lowest BCUT2D eigenvalue weighted by molar-refractivity contribution is -0.176. The lowest BCUT2D eigenvalue weighted by atomic mass is 9.86. The van der Waals surface area contributed by atoms with Crippen molar-refractivity contribution in [2.45, 2.75) is 11.7 Å². The van der Waals surface area contributed by atoms with Crippen molar-refractivity contribution in [3.63, 3.8) is 0 Å². The molecule has 0 saturated heterocycles. The van der Waals surface area contributed by atoms with Gasteiger partial charge in [-0.1, -0.05) is 0 Å². The van der Waals surface area contributed by atoms with Gasteiger partial charge in [0.05, 0.1) is 19.8 Å². The number of hydrogen-bond acceptors (Lipinski definition) is 8. The molecule has 0 fully saturated rings. The van der Waals surface area contributed by atoms with Crippen molar-refractivity contribution in [2.24, 2.45) is 0 Å². The van der Waals surface area contributed by atoms with E-state index in [0.29, 0.717) is 11.5 Å². The molecule has 0 spiro atoms. The molecular formula is C20H18O10. The minimum absolute atomic E-state index is 0.193. The zero-order valence-electron chi connectivity index (χ0n) is 15.9. The molecule has 2 aromatic carbocycles. The van der Waals surface area contributed by atoms with Crippen molar-refractivity contribution >= 4 is 23.7 Å². The van der Waals surface area contributed by atoms with Crippen molar-refractivity contribution < 1.29 is 48.7 Å². The fraction of sp³-hybridized carbons (Fsp3) is 0.200. The highest BCUT2D eigenvalue weighted by atomic mass is 16.6. The monoisotopic (exact) mass is 418 g/mol. The van der Waals surface area contributed by atoms with Crippen LogP contribution in [0.25, 0.3) is 0 Å². The highest BCUT2D eigenvalue weighted by Crippen LogP contribution is 2.27. The number of aliphatic hydroxyl groups is 1. The number of ketones is 1. The fourth-order valence-electron chi connectivity index (χ4n) is 2.55. The maximum absolute atomic E-state index is 13.0. The lowest BCUT2D eigenvalue weighted by Gasteiger charge is -2.30. The van der Waals surface area contributed by atoms with Gasteiger partial charge in [-0.25, -0.2) is 14.4 Å². The van der Waals surface area contributed by atoms with Gasteiger partial charge >= 0.3 is 23.5 Å². The number of aliphatic carboxylic acids is 2. The summed E-state index contributed by atoms with van der Waals surface area (Å²) in [5.74, 6) is -6.27. The minimum atomic E-state index is -3.43. The Morgan fingerprint density at radius 2 is 1.23 bits per heavy atom. The van der Waals surface area contributed by atoms with Crippen molar-refractivity contribution in [1.82, 2.24) is 0 Å². The molecule has 0 bridgehead atoms. The van der Waals surface area contributed by atoms with Crippen LogP contribution in [-0.2, 0) is 14.3 Å². The first kappa shape index (κ1) is 22.4. The number of hydrogen-bond donors (Lipinski definition) is 3. The third-order valence-electron chi connectivity index (χ3n) is 4.21. The van der Waals surface area contributed by atoms with E-state index in [1.807, 2.05) is 0 Å². The summed E-state index contributed by atoms with van der Waals surface area (Å²) in [5.41, 5.74) is -3.94. The van der Waals surface area contributed by atoms with Crippen LogP contribution < -0.4 is 9.47 Å². The maximum atomic E-state index is 13.0. The lowest BCUT2D eigenvalue weighted by Crippen LogP contribution is -2.61. The Labute approximate surface area is 170 Å². The molecule has 0 amide bonds. The van der Waals surface area contributed by atoms with Gasteiger partial charge in [-0.05, 0) is 48.5 Å². The number of Topliss-reactive ketones (excluding diaryl/α,β-unsaturated/α-hetero) is 1. The minimum Gasteiger partial charge on any atom is -0.497 e. The third-order valence-corrected chi connectivity index (χ3v) is 4.21. The molecule has 2 atom stereocenters.